The van der Waals surface area contributed by atoms with Gasteiger partial charge in [0, 0.05) is 5.56 Å². The van der Waals surface area contributed by atoms with Gasteiger partial charge in [0.2, 0.25) is 0 Å². The number of aromatic nitrogens is 4. The lowest BCUT2D eigenvalue weighted by Gasteiger charge is -2.17. The van der Waals surface area contributed by atoms with Crippen LogP contribution in [0.25, 0.3) is 22.6 Å². The third kappa shape index (κ3) is 1.78. The van der Waals surface area contributed by atoms with E-state index in [2.05, 4.69) is 19.9 Å². The van der Waals surface area contributed by atoms with Gasteiger partial charge in [0.1, 0.15) is 23.5 Å². The molecule has 2 heterocycles. The minimum atomic E-state index is -0.122. The molecule has 1 aliphatic rings. The second-order valence-electron chi connectivity index (χ2n) is 5.14. The molecule has 0 radical (unpaired) electrons. The zero-order valence-electron chi connectivity index (χ0n) is 10.9. The SMILES string of the molecule is Fc1cc(-c2nc3cncnc3[nH]2)cc2c1CCCC2. The largest absolute Gasteiger partial charge is 0.323 e. The third-order valence-electron chi connectivity index (χ3n) is 3.85. The molecule has 100 valence electrons. The standard InChI is InChI=1S/C15H13FN4/c16-12-6-10(5-9-3-1-2-4-11(9)12)14-19-13-7-17-8-18-15(13)20-14/h5-8H,1-4H2,(H,17,18,19,20). The Balaban J connectivity index is 1.87. The number of H-pyrrole nitrogens is 1. The quantitative estimate of drug-likeness (QED) is 0.738. The minimum Gasteiger partial charge on any atom is -0.323 e. The van der Waals surface area contributed by atoms with Crippen molar-refractivity contribution < 1.29 is 4.39 Å². The molecule has 5 heteroatoms. The van der Waals surface area contributed by atoms with Crippen molar-refractivity contribution in [2.45, 2.75) is 25.7 Å². The first-order valence-corrected chi connectivity index (χ1v) is 6.78. The summed E-state index contributed by atoms with van der Waals surface area (Å²) in [5, 5.41) is 0. The topological polar surface area (TPSA) is 54.5 Å². The number of hydrogen-bond donors (Lipinski definition) is 1. The van der Waals surface area contributed by atoms with Crippen LogP contribution >= 0.6 is 0 Å². The van der Waals surface area contributed by atoms with Crippen molar-refractivity contribution in [2.75, 3.05) is 0 Å². The fraction of sp³-hybridized carbons (Fsp3) is 0.267. The van der Waals surface area contributed by atoms with E-state index in [1.807, 2.05) is 6.07 Å². The van der Waals surface area contributed by atoms with E-state index in [4.69, 9.17) is 0 Å². The van der Waals surface area contributed by atoms with Crippen LogP contribution in [0.4, 0.5) is 4.39 Å². The van der Waals surface area contributed by atoms with E-state index in [0.29, 0.717) is 17.0 Å². The minimum absolute atomic E-state index is 0.122. The maximum atomic E-state index is 14.2. The van der Waals surface area contributed by atoms with E-state index >= 15 is 0 Å². The number of halogens is 1. The molecule has 0 bridgehead atoms. The summed E-state index contributed by atoms with van der Waals surface area (Å²) in [4.78, 5) is 15.6. The van der Waals surface area contributed by atoms with Crippen LogP contribution in [-0.2, 0) is 12.8 Å². The highest BCUT2D eigenvalue weighted by Gasteiger charge is 2.16. The van der Waals surface area contributed by atoms with Crippen LogP contribution in [0.5, 0.6) is 0 Å². The maximum absolute atomic E-state index is 14.2. The lowest BCUT2D eigenvalue weighted by molar-refractivity contribution is 0.579. The number of imidazole rings is 1. The summed E-state index contributed by atoms with van der Waals surface area (Å²) in [6.07, 6.45) is 7.10. The molecule has 0 saturated heterocycles. The molecule has 3 aromatic rings. The van der Waals surface area contributed by atoms with Gasteiger partial charge in [-0.1, -0.05) is 0 Å². The van der Waals surface area contributed by atoms with Gasteiger partial charge in [-0.05, 0) is 48.9 Å². The number of nitrogens with zero attached hydrogens (tertiary/aromatic N) is 3. The molecule has 20 heavy (non-hydrogen) atoms. The Morgan fingerprint density at radius 3 is 2.95 bits per heavy atom. The van der Waals surface area contributed by atoms with Crippen molar-refractivity contribution >= 4 is 11.2 Å². The highest BCUT2D eigenvalue weighted by molar-refractivity contribution is 5.75. The average molecular weight is 268 g/mol. The first kappa shape index (κ1) is 11.5. The molecule has 4 rings (SSSR count). The lowest BCUT2D eigenvalue weighted by Crippen LogP contribution is -2.05. The summed E-state index contributed by atoms with van der Waals surface area (Å²) in [6, 6.07) is 3.61. The van der Waals surface area contributed by atoms with E-state index < -0.39 is 0 Å². The Morgan fingerprint density at radius 2 is 2.05 bits per heavy atom. The van der Waals surface area contributed by atoms with Crippen LogP contribution in [0.3, 0.4) is 0 Å². The van der Waals surface area contributed by atoms with Gasteiger partial charge in [0.25, 0.3) is 0 Å². The number of aryl methyl sites for hydroxylation is 1. The van der Waals surface area contributed by atoms with Crippen molar-refractivity contribution in [3.63, 3.8) is 0 Å². The van der Waals surface area contributed by atoms with Gasteiger partial charge in [-0.25, -0.2) is 19.3 Å². The van der Waals surface area contributed by atoms with Crippen LogP contribution in [0.15, 0.2) is 24.7 Å². The van der Waals surface area contributed by atoms with E-state index in [1.54, 1.807) is 12.3 Å². The molecule has 1 N–H and O–H groups in total. The van der Waals surface area contributed by atoms with E-state index in [0.717, 1.165) is 42.4 Å². The van der Waals surface area contributed by atoms with Gasteiger partial charge >= 0.3 is 0 Å². The second-order valence-corrected chi connectivity index (χ2v) is 5.14. The second kappa shape index (κ2) is 4.37. The summed E-state index contributed by atoms with van der Waals surface area (Å²) < 4.78 is 14.2. The Morgan fingerprint density at radius 1 is 1.15 bits per heavy atom. The van der Waals surface area contributed by atoms with Crippen LogP contribution in [0.1, 0.15) is 24.0 Å². The molecule has 0 atom stereocenters. The van der Waals surface area contributed by atoms with Crippen LogP contribution in [0.2, 0.25) is 0 Å². The fourth-order valence-corrected chi connectivity index (χ4v) is 2.85. The molecule has 0 aliphatic heterocycles. The van der Waals surface area contributed by atoms with Crippen molar-refractivity contribution in [1.82, 2.24) is 19.9 Å². The average Bonchev–Trinajstić information content (AvgIpc) is 2.91. The van der Waals surface area contributed by atoms with E-state index in [9.17, 15) is 4.39 Å². The van der Waals surface area contributed by atoms with Gasteiger partial charge in [-0.3, -0.25) is 0 Å². The summed E-state index contributed by atoms with van der Waals surface area (Å²) in [6.45, 7) is 0. The van der Waals surface area contributed by atoms with Gasteiger partial charge < -0.3 is 4.98 Å². The highest BCUT2D eigenvalue weighted by Crippen LogP contribution is 2.29. The Bertz CT molecular complexity index is 761. The molecule has 0 amide bonds. The van der Waals surface area contributed by atoms with Crippen LogP contribution < -0.4 is 0 Å². The van der Waals surface area contributed by atoms with Crippen molar-refractivity contribution in [3.8, 4) is 11.4 Å². The van der Waals surface area contributed by atoms with Crippen molar-refractivity contribution in [3.05, 3.63) is 41.6 Å². The fourth-order valence-electron chi connectivity index (χ4n) is 2.85. The van der Waals surface area contributed by atoms with Gasteiger partial charge in [0.15, 0.2) is 5.65 Å². The molecule has 0 fully saturated rings. The number of hydrogen-bond acceptors (Lipinski definition) is 3. The molecule has 2 aromatic heterocycles. The first-order chi connectivity index (χ1) is 9.81. The Labute approximate surface area is 115 Å². The molecular weight excluding hydrogens is 255 g/mol. The predicted molar refractivity (Wildman–Crippen MR) is 73.7 cm³/mol. The van der Waals surface area contributed by atoms with E-state index in [1.165, 1.54) is 6.33 Å². The predicted octanol–water partition coefficient (Wildman–Crippen LogP) is 3.04. The van der Waals surface area contributed by atoms with Crippen molar-refractivity contribution in [2.24, 2.45) is 0 Å². The molecule has 0 spiro atoms. The van der Waals surface area contributed by atoms with Crippen LogP contribution in [0, 0.1) is 5.82 Å². The molecular formula is C15H13FN4. The summed E-state index contributed by atoms with van der Waals surface area (Å²) in [5.74, 6) is 0.525. The number of fused-ring (bicyclic) bond motifs is 2. The van der Waals surface area contributed by atoms with Gasteiger partial charge in [-0.15, -0.1) is 0 Å². The number of benzene rings is 1. The number of nitrogens with one attached hydrogen (secondary N) is 1. The van der Waals surface area contributed by atoms with Crippen LogP contribution in [-0.4, -0.2) is 19.9 Å². The highest BCUT2D eigenvalue weighted by atomic mass is 19.1. The Hall–Kier alpha value is -2.30. The normalized spacial score (nSPS) is 14.4. The molecule has 1 aliphatic carbocycles. The lowest BCUT2D eigenvalue weighted by atomic mass is 9.90. The summed E-state index contributed by atoms with van der Waals surface area (Å²) in [7, 11) is 0. The maximum Gasteiger partial charge on any atom is 0.161 e. The zero-order chi connectivity index (χ0) is 13.5. The van der Waals surface area contributed by atoms with E-state index in [-0.39, 0.29) is 5.82 Å². The number of rotatable bonds is 1. The molecule has 0 unspecified atom stereocenters. The summed E-state index contributed by atoms with van der Waals surface area (Å²) in [5.41, 5.74) is 4.13. The zero-order valence-corrected chi connectivity index (χ0v) is 10.9. The Kier molecular flexibility index (Phi) is 2.52. The number of aromatic amines is 1. The first-order valence-electron chi connectivity index (χ1n) is 6.78. The molecule has 0 saturated carbocycles. The smallest absolute Gasteiger partial charge is 0.161 e. The van der Waals surface area contributed by atoms with Gasteiger partial charge in [0.05, 0.1) is 6.20 Å². The summed E-state index contributed by atoms with van der Waals surface area (Å²) >= 11 is 0. The van der Waals surface area contributed by atoms with Crippen molar-refractivity contribution in [1.29, 1.82) is 0 Å². The monoisotopic (exact) mass is 268 g/mol. The molecule has 4 nitrogen and oxygen atoms in total. The molecule has 1 aromatic carbocycles. The third-order valence-corrected chi connectivity index (χ3v) is 3.85. The van der Waals surface area contributed by atoms with Gasteiger partial charge in [-0.2, -0.15) is 0 Å².